The van der Waals surface area contributed by atoms with Crippen LogP contribution in [0.25, 0.3) is 0 Å². The normalized spacial score (nSPS) is 12.5. The average Bonchev–Trinajstić information content (AvgIpc) is 3.19. The average molecular weight is 807 g/mol. The number of ether oxygens (including phenoxy) is 3. The van der Waals surface area contributed by atoms with Gasteiger partial charge in [0.05, 0.1) is 0 Å². The first-order valence-electron chi connectivity index (χ1n) is 25.3. The van der Waals surface area contributed by atoms with Crippen LogP contribution >= 0.6 is 0 Å². The molecule has 0 aromatic heterocycles. The molecule has 0 heterocycles. The summed E-state index contributed by atoms with van der Waals surface area (Å²) in [5.41, 5.74) is 0. The van der Waals surface area contributed by atoms with Crippen molar-refractivity contribution in [3.8, 4) is 0 Å². The minimum Gasteiger partial charge on any atom is -0.462 e. The van der Waals surface area contributed by atoms with Crippen molar-refractivity contribution in [2.24, 2.45) is 11.8 Å². The summed E-state index contributed by atoms with van der Waals surface area (Å²) in [6.07, 6.45) is 43.7. The van der Waals surface area contributed by atoms with Gasteiger partial charge in [-0.2, -0.15) is 0 Å². The lowest BCUT2D eigenvalue weighted by atomic mass is 9.99. The van der Waals surface area contributed by atoms with E-state index in [-0.39, 0.29) is 31.1 Å². The summed E-state index contributed by atoms with van der Waals surface area (Å²) in [6.45, 7) is 11.4. The third-order valence-electron chi connectivity index (χ3n) is 11.8. The topological polar surface area (TPSA) is 78.9 Å². The Bertz CT molecular complexity index is 872. The Balaban J connectivity index is 4.24. The molecular weight excluding hydrogens is 709 g/mol. The fourth-order valence-corrected chi connectivity index (χ4v) is 7.60. The van der Waals surface area contributed by atoms with Gasteiger partial charge in [0.1, 0.15) is 13.2 Å². The zero-order chi connectivity index (χ0) is 41.9. The fourth-order valence-electron chi connectivity index (χ4n) is 7.60. The second kappa shape index (κ2) is 44.0. The minimum absolute atomic E-state index is 0.0643. The molecule has 0 aromatic rings. The van der Waals surface area contributed by atoms with Gasteiger partial charge in [0.25, 0.3) is 0 Å². The van der Waals surface area contributed by atoms with Crippen LogP contribution in [0.3, 0.4) is 0 Å². The second-order valence-corrected chi connectivity index (χ2v) is 18.2. The van der Waals surface area contributed by atoms with Gasteiger partial charge in [-0.25, -0.2) is 0 Å². The van der Waals surface area contributed by atoms with Crippen LogP contribution in [0.2, 0.25) is 0 Å². The molecule has 0 N–H and O–H groups in total. The molecule has 2 atom stereocenters. The number of esters is 3. The Labute approximate surface area is 355 Å². The molecule has 0 radical (unpaired) electrons. The maximum Gasteiger partial charge on any atom is 0.306 e. The Morgan fingerprint density at radius 3 is 1.00 bits per heavy atom. The predicted octanol–water partition coefficient (Wildman–Crippen LogP) is 16.1. The molecule has 0 aliphatic carbocycles. The Morgan fingerprint density at radius 2 is 0.667 bits per heavy atom. The van der Waals surface area contributed by atoms with Gasteiger partial charge in [0.15, 0.2) is 6.10 Å². The molecule has 0 bridgehead atoms. The fraction of sp³-hybridized carbons (Fsp3) is 0.941. The van der Waals surface area contributed by atoms with Crippen molar-refractivity contribution >= 4 is 17.9 Å². The second-order valence-electron chi connectivity index (χ2n) is 18.2. The molecule has 0 saturated carbocycles. The molecule has 1 unspecified atom stereocenters. The van der Waals surface area contributed by atoms with Crippen LogP contribution in [0.5, 0.6) is 0 Å². The van der Waals surface area contributed by atoms with Crippen molar-refractivity contribution in [2.45, 2.75) is 285 Å². The van der Waals surface area contributed by atoms with Crippen LogP contribution in [0.1, 0.15) is 279 Å². The summed E-state index contributed by atoms with van der Waals surface area (Å²) >= 11 is 0. The summed E-state index contributed by atoms with van der Waals surface area (Å²) in [5.74, 6) is 0.840. The zero-order valence-electron chi connectivity index (χ0n) is 39.0. The molecule has 0 fully saturated rings. The highest BCUT2D eigenvalue weighted by Crippen LogP contribution is 2.18. The molecular formula is C51H98O6. The van der Waals surface area contributed by atoms with E-state index in [1.807, 2.05) is 0 Å². The summed E-state index contributed by atoms with van der Waals surface area (Å²) in [4.78, 5) is 37.8. The Hall–Kier alpha value is -1.59. The molecule has 0 aliphatic heterocycles. The lowest BCUT2D eigenvalue weighted by Gasteiger charge is -2.18. The van der Waals surface area contributed by atoms with Gasteiger partial charge in [0.2, 0.25) is 0 Å². The number of hydrogen-bond acceptors (Lipinski definition) is 6. The Kier molecular flexibility index (Phi) is 42.7. The lowest BCUT2D eigenvalue weighted by molar-refractivity contribution is -0.167. The van der Waals surface area contributed by atoms with E-state index >= 15 is 0 Å². The maximum absolute atomic E-state index is 12.7. The first kappa shape index (κ1) is 55.4. The largest absolute Gasteiger partial charge is 0.462 e. The van der Waals surface area contributed by atoms with E-state index in [4.69, 9.17) is 14.2 Å². The number of carbonyl (C=O) groups excluding carboxylic acids is 3. The van der Waals surface area contributed by atoms with E-state index in [1.54, 1.807) is 0 Å². The van der Waals surface area contributed by atoms with Crippen molar-refractivity contribution < 1.29 is 28.6 Å². The van der Waals surface area contributed by atoms with Crippen LogP contribution < -0.4 is 0 Å². The van der Waals surface area contributed by atoms with Crippen molar-refractivity contribution in [3.05, 3.63) is 0 Å². The van der Waals surface area contributed by atoms with Crippen LogP contribution in [-0.4, -0.2) is 37.2 Å². The van der Waals surface area contributed by atoms with Crippen molar-refractivity contribution in [1.29, 1.82) is 0 Å². The van der Waals surface area contributed by atoms with Crippen LogP contribution in [0.15, 0.2) is 0 Å². The molecule has 57 heavy (non-hydrogen) atoms. The molecule has 6 nitrogen and oxygen atoms in total. The van der Waals surface area contributed by atoms with Gasteiger partial charge in [-0.1, -0.05) is 240 Å². The zero-order valence-corrected chi connectivity index (χ0v) is 39.0. The van der Waals surface area contributed by atoms with Crippen molar-refractivity contribution in [2.75, 3.05) is 13.2 Å². The molecule has 6 heteroatoms. The third-order valence-corrected chi connectivity index (χ3v) is 11.8. The van der Waals surface area contributed by atoms with Crippen molar-refractivity contribution in [1.82, 2.24) is 0 Å². The standard InChI is InChI=1S/C51H98O6/c1-6-8-9-10-11-19-26-31-36-41-49(52)55-44-48(57-51(54)43-38-33-28-23-22-25-30-35-40-47(5)7-2)45-56-50(53)42-37-32-27-21-18-16-14-12-13-15-17-20-24-29-34-39-46(3)4/h46-48H,6-45H2,1-5H3/t47?,48-/m1/s1. The number of carbonyl (C=O) groups is 3. The van der Waals surface area contributed by atoms with E-state index in [2.05, 4.69) is 34.6 Å². The molecule has 0 amide bonds. The van der Waals surface area contributed by atoms with Gasteiger partial charge >= 0.3 is 17.9 Å². The summed E-state index contributed by atoms with van der Waals surface area (Å²) in [5, 5.41) is 0. The maximum atomic E-state index is 12.7. The third kappa shape index (κ3) is 43.8. The van der Waals surface area contributed by atoms with E-state index in [0.717, 1.165) is 69.6 Å². The van der Waals surface area contributed by atoms with Gasteiger partial charge in [-0.15, -0.1) is 0 Å². The van der Waals surface area contributed by atoms with E-state index in [1.165, 1.54) is 167 Å². The SMILES string of the molecule is CCCCCCCCCCCC(=O)OC[C@H](COC(=O)CCCCCCCCCCCCCCCCCC(C)C)OC(=O)CCCCCCCCCCC(C)CC. The Morgan fingerprint density at radius 1 is 0.368 bits per heavy atom. The summed E-state index contributed by atoms with van der Waals surface area (Å²) in [7, 11) is 0. The van der Waals surface area contributed by atoms with Gasteiger partial charge in [-0.3, -0.25) is 14.4 Å². The van der Waals surface area contributed by atoms with E-state index < -0.39 is 6.10 Å². The number of rotatable bonds is 45. The highest BCUT2D eigenvalue weighted by Gasteiger charge is 2.19. The van der Waals surface area contributed by atoms with Crippen LogP contribution in [0.4, 0.5) is 0 Å². The quantitative estimate of drug-likeness (QED) is 0.0346. The molecule has 0 aromatic carbocycles. The number of unbranched alkanes of at least 4 members (excludes halogenated alkanes) is 29. The van der Waals surface area contributed by atoms with Gasteiger partial charge in [-0.05, 0) is 31.1 Å². The molecule has 0 rings (SSSR count). The van der Waals surface area contributed by atoms with Crippen molar-refractivity contribution in [3.63, 3.8) is 0 Å². The molecule has 0 spiro atoms. The van der Waals surface area contributed by atoms with Gasteiger partial charge in [0, 0.05) is 19.3 Å². The van der Waals surface area contributed by atoms with Crippen LogP contribution in [-0.2, 0) is 28.6 Å². The first-order valence-corrected chi connectivity index (χ1v) is 25.3. The monoisotopic (exact) mass is 807 g/mol. The van der Waals surface area contributed by atoms with E-state index in [0.29, 0.717) is 19.3 Å². The summed E-state index contributed by atoms with van der Waals surface area (Å²) < 4.78 is 16.8. The molecule has 0 aliphatic rings. The molecule has 0 saturated heterocycles. The minimum atomic E-state index is -0.761. The first-order chi connectivity index (χ1) is 27.8. The van der Waals surface area contributed by atoms with E-state index in [9.17, 15) is 14.4 Å². The highest BCUT2D eigenvalue weighted by molar-refractivity contribution is 5.71. The smallest absolute Gasteiger partial charge is 0.306 e. The molecule has 338 valence electrons. The highest BCUT2D eigenvalue weighted by atomic mass is 16.6. The summed E-state index contributed by atoms with van der Waals surface area (Å²) in [6, 6.07) is 0. The number of hydrogen-bond donors (Lipinski definition) is 0. The predicted molar refractivity (Wildman–Crippen MR) is 243 cm³/mol. The van der Waals surface area contributed by atoms with Crippen LogP contribution in [0, 0.1) is 11.8 Å². The van der Waals surface area contributed by atoms with Gasteiger partial charge < -0.3 is 14.2 Å². The lowest BCUT2D eigenvalue weighted by Crippen LogP contribution is -2.30.